The van der Waals surface area contributed by atoms with Crippen LogP contribution in [-0.2, 0) is 11.3 Å². The second kappa shape index (κ2) is 5.53. The Balaban J connectivity index is 1.60. The van der Waals surface area contributed by atoms with Gasteiger partial charge in [-0.15, -0.1) is 0 Å². The Bertz CT molecular complexity index is 417. The van der Waals surface area contributed by atoms with Crippen molar-refractivity contribution in [2.45, 2.75) is 45.2 Å². The summed E-state index contributed by atoms with van der Waals surface area (Å²) in [5, 5.41) is 3.44. The molecule has 4 nitrogen and oxygen atoms in total. The van der Waals surface area contributed by atoms with Crippen LogP contribution in [0.4, 0.5) is 5.95 Å². The molecule has 19 heavy (non-hydrogen) atoms. The van der Waals surface area contributed by atoms with Crippen LogP contribution in [0, 0.1) is 17.8 Å². The molecule has 2 fully saturated rings. The van der Waals surface area contributed by atoms with Crippen molar-refractivity contribution < 1.29 is 4.74 Å². The zero-order valence-electron chi connectivity index (χ0n) is 12.0. The maximum absolute atomic E-state index is 5.17. The number of ether oxygens (including phenoxy) is 1. The number of methoxy groups -OCH3 is 1. The molecule has 4 heteroatoms. The molecule has 1 aromatic rings. The molecule has 0 spiro atoms. The van der Waals surface area contributed by atoms with Crippen LogP contribution in [0.5, 0.6) is 0 Å². The molecule has 0 saturated heterocycles. The number of rotatable bonds is 6. The molecule has 3 rings (SSSR count). The lowest BCUT2D eigenvalue weighted by Gasteiger charge is -2.23. The number of fused-ring (bicyclic) bond motifs is 2. The second-order valence-corrected chi connectivity index (χ2v) is 6.34. The van der Waals surface area contributed by atoms with E-state index in [4.69, 9.17) is 4.74 Å². The molecule has 4 unspecified atom stereocenters. The molecule has 2 bridgehead atoms. The van der Waals surface area contributed by atoms with Crippen LogP contribution < -0.4 is 5.32 Å². The number of hydrogen-bond acceptors (Lipinski definition) is 3. The Hall–Kier alpha value is -1.03. The predicted molar refractivity (Wildman–Crippen MR) is 76.1 cm³/mol. The van der Waals surface area contributed by atoms with Gasteiger partial charge in [-0.1, -0.05) is 6.42 Å². The van der Waals surface area contributed by atoms with Gasteiger partial charge in [0, 0.05) is 32.1 Å². The van der Waals surface area contributed by atoms with Crippen molar-refractivity contribution in [3.63, 3.8) is 0 Å². The van der Waals surface area contributed by atoms with E-state index >= 15 is 0 Å². The van der Waals surface area contributed by atoms with Gasteiger partial charge in [0.25, 0.3) is 0 Å². The van der Waals surface area contributed by atoms with Crippen LogP contribution in [0.25, 0.3) is 0 Å². The van der Waals surface area contributed by atoms with Crippen molar-refractivity contribution in [2.75, 3.05) is 19.0 Å². The topological polar surface area (TPSA) is 39.1 Å². The zero-order valence-corrected chi connectivity index (χ0v) is 12.0. The maximum Gasteiger partial charge on any atom is 0.203 e. The van der Waals surface area contributed by atoms with Crippen LogP contribution in [0.3, 0.4) is 0 Å². The third-order valence-corrected chi connectivity index (χ3v) is 4.82. The summed E-state index contributed by atoms with van der Waals surface area (Å²) in [7, 11) is 1.74. The van der Waals surface area contributed by atoms with Crippen LogP contribution in [-0.4, -0.2) is 29.3 Å². The fourth-order valence-electron chi connectivity index (χ4n) is 3.96. The lowest BCUT2D eigenvalue weighted by molar-refractivity contribution is 0.190. The van der Waals surface area contributed by atoms with E-state index < -0.39 is 0 Å². The van der Waals surface area contributed by atoms with Crippen LogP contribution in [0.1, 0.15) is 32.6 Å². The minimum absolute atomic E-state index is 0.297. The van der Waals surface area contributed by atoms with E-state index in [9.17, 15) is 0 Å². The fourth-order valence-corrected chi connectivity index (χ4v) is 3.96. The number of nitrogens with one attached hydrogen (secondary N) is 1. The van der Waals surface area contributed by atoms with Crippen LogP contribution >= 0.6 is 0 Å². The molecule has 0 amide bonds. The lowest BCUT2D eigenvalue weighted by Crippen LogP contribution is -2.24. The molecule has 2 aliphatic rings. The number of aromatic nitrogens is 2. The highest BCUT2D eigenvalue weighted by Gasteiger charge is 2.39. The van der Waals surface area contributed by atoms with Crippen molar-refractivity contribution in [2.24, 2.45) is 17.8 Å². The average Bonchev–Trinajstić information content (AvgIpc) is 3.07. The van der Waals surface area contributed by atoms with E-state index in [0.29, 0.717) is 12.6 Å². The van der Waals surface area contributed by atoms with E-state index in [0.717, 1.165) is 30.2 Å². The average molecular weight is 263 g/mol. The minimum Gasteiger partial charge on any atom is -0.383 e. The highest BCUT2D eigenvalue weighted by Crippen LogP contribution is 2.48. The van der Waals surface area contributed by atoms with E-state index in [-0.39, 0.29) is 0 Å². The van der Waals surface area contributed by atoms with Crippen molar-refractivity contribution in [3.8, 4) is 0 Å². The molecular formula is C15H25N3O. The van der Waals surface area contributed by atoms with Crippen molar-refractivity contribution in [3.05, 3.63) is 12.4 Å². The third kappa shape index (κ3) is 2.78. The van der Waals surface area contributed by atoms with Crippen molar-refractivity contribution in [1.29, 1.82) is 0 Å². The standard InChI is InChI=1S/C15H25N3O/c1-11(10-19-2)17-15-16-5-6-18(15)9-14-8-12-3-4-13(14)7-12/h5-6,11-14H,3-4,7-10H2,1-2H3,(H,16,17). The first-order valence-corrected chi connectivity index (χ1v) is 7.53. The molecule has 2 aliphatic carbocycles. The van der Waals surface area contributed by atoms with Gasteiger partial charge in [0.15, 0.2) is 0 Å². The molecule has 106 valence electrons. The van der Waals surface area contributed by atoms with Crippen LogP contribution in [0.15, 0.2) is 12.4 Å². The first-order chi connectivity index (χ1) is 9.26. The smallest absolute Gasteiger partial charge is 0.203 e. The molecule has 2 saturated carbocycles. The number of hydrogen-bond donors (Lipinski definition) is 1. The van der Waals surface area contributed by atoms with E-state index in [1.165, 1.54) is 25.7 Å². The number of imidazole rings is 1. The normalized spacial score (nSPS) is 30.7. The van der Waals surface area contributed by atoms with Crippen molar-refractivity contribution >= 4 is 5.95 Å². The first-order valence-electron chi connectivity index (χ1n) is 7.53. The van der Waals surface area contributed by atoms with Gasteiger partial charge in [0.2, 0.25) is 5.95 Å². The summed E-state index contributed by atoms with van der Waals surface area (Å²) in [6.45, 7) is 3.96. The van der Waals surface area contributed by atoms with Gasteiger partial charge in [-0.2, -0.15) is 0 Å². The molecule has 0 aromatic carbocycles. The molecule has 0 aliphatic heterocycles. The first kappa shape index (κ1) is 13.0. The third-order valence-electron chi connectivity index (χ3n) is 4.82. The maximum atomic E-state index is 5.17. The Morgan fingerprint density at radius 3 is 3.05 bits per heavy atom. The number of nitrogens with zero attached hydrogens (tertiary/aromatic N) is 2. The minimum atomic E-state index is 0.297. The Morgan fingerprint density at radius 1 is 1.47 bits per heavy atom. The highest BCUT2D eigenvalue weighted by molar-refractivity contribution is 5.27. The van der Waals surface area contributed by atoms with Gasteiger partial charge >= 0.3 is 0 Å². The molecule has 4 atom stereocenters. The monoisotopic (exact) mass is 263 g/mol. The summed E-state index contributed by atoms with van der Waals surface area (Å²) in [6, 6.07) is 0.297. The highest BCUT2D eigenvalue weighted by atomic mass is 16.5. The summed E-state index contributed by atoms with van der Waals surface area (Å²) >= 11 is 0. The summed E-state index contributed by atoms with van der Waals surface area (Å²) in [5.41, 5.74) is 0. The quantitative estimate of drug-likeness (QED) is 0.857. The van der Waals surface area contributed by atoms with Gasteiger partial charge in [0.05, 0.1) is 6.61 Å². The zero-order chi connectivity index (χ0) is 13.2. The number of anilines is 1. The van der Waals surface area contributed by atoms with Crippen LogP contribution in [0.2, 0.25) is 0 Å². The Kier molecular flexibility index (Phi) is 3.78. The summed E-state index contributed by atoms with van der Waals surface area (Å²) in [4.78, 5) is 4.44. The summed E-state index contributed by atoms with van der Waals surface area (Å²) in [5.74, 6) is 3.84. The predicted octanol–water partition coefficient (Wildman–Crippen LogP) is 2.77. The van der Waals surface area contributed by atoms with Gasteiger partial charge in [-0.3, -0.25) is 0 Å². The second-order valence-electron chi connectivity index (χ2n) is 6.34. The van der Waals surface area contributed by atoms with Gasteiger partial charge < -0.3 is 14.6 Å². The van der Waals surface area contributed by atoms with Gasteiger partial charge in [0.1, 0.15) is 0 Å². The Labute approximate surface area is 115 Å². The lowest BCUT2D eigenvalue weighted by atomic mass is 9.89. The Morgan fingerprint density at radius 2 is 2.37 bits per heavy atom. The molecule has 1 aromatic heterocycles. The molecular weight excluding hydrogens is 238 g/mol. The molecule has 1 N–H and O–H groups in total. The summed E-state index contributed by atoms with van der Waals surface area (Å²) in [6.07, 6.45) is 9.83. The van der Waals surface area contributed by atoms with Gasteiger partial charge in [-0.05, 0) is 43.9 Å². The van der Waals surface area contributed by atoms with E-state index in [1.54, 1.807) is 7.11 Å². The summed E-state index contributed by atoms with van der Waals surface area (Å²) < 4.78 is 7.46. The van der Waals surface area contributed by atoms with Crippen molar-refractivity contribution in [1.82, 2.24) is 9.55 Å². The van der Waals surface area contributed by atoms with E-state index in [1.807, 2.05) is 6.20 Å². The largest absolute Gasteiger partial charge is 0.383 e. The van der Waals surface area contributed by atoms with E-state index in [2.05, 4.69) is 28.0 Å². The fraction of sp³-hybridized carbons (Fsp3) is 0.800. The SMILES string of the molecule is COCC(C)Nc1nccn1CC1CC2CCC1C2. The molecule has 1 heterocycles. The molecule has 0 radical (unpaired) electrons. The van der Waals surface area contributed by atoms with Gasteiger partial charge in [-0.25, -0.2) is 4.98 Å².